The summed E-state index contributed by atoms with van der Waals surface area (Å²) in [6.45, 7) is 4.91. The minimum Gasteiger partial charge on any atom is -0.489 e. The van der Waals surface area contributed by atoms with Crippen molar-refractivity contribution in [3.8, 4) is 5.75 Å². The molecule has 3 rings (SSSR count). The van der Waals surface area contributed by atoms with Gasteiger partial charge in [-0.05, 0) is 54.0 Å². The van der Waals surface area contributed by atoms with Crippen LogP contribution in [0.4, 0.5) is 0 Å². The molecular formula is C18H18BrClN4O3. The summed E-state index contributed by atoms with van der Waals surface area (Å²) in [5, 5.41) is 11.6. The molecule has 0 unspecified atom stereocenters. The van der Waals surface area contributed by atoms with E-state index in [0.29, 0.717) is 35.2 Å². The van der Waals surface area contributed by atoms with Crippen LogP contribution in [0.3, 0.4) is 0 Å². The van der Waals surface area contributed by atoms with Crippen LogP contribution < -0.4 is 10.1 Å². The zero-order chi connectivity index (χ0) is 19.4. The molecule has 0 fully saturated rings. The average molecular weight is 454 g/mol. The topological polar surface area (TPSA) is 82.2 Å². The third-order valence-corrected chi connectivity index (χ3v) is 4.92. The summed E-state index contributed by atoms with van der Waals surface area (Å²) in [7, 11) is 0. The van der Waals surface area contributed by atoms with Crippen molar-refractivity contribution in [2.75, 3.05) is 0 Å². The van der Waals surface area contributed by atoms with E-state index in [1.807, 2.05) is 11.6 Å². The molecule has 1 amide bonds. The van der Waals surface area contributed by atoms with Crippen molar-refractivity contribution in [2.24, 2.45) is 0 Å². The predicted octanol–water partition coefficient (Wildman–Crippen LogP) is 4.12. The van der Waals surface area contributed by atoms with Crippen LogP contribution in [0.1, 0.15) is 34.4 Å². The standard InChI is InChI=1S/C18H18BrClN4O3/c1-3-24-16(15(19)8-22-24)9-21-18(25)17-14(11(2)27-23-17)10-26-13-6-4-12(20)5-7-13/h4-8H,3,9-10H2,1-2H3,(H,21,25). The highest BCUT2D eigenvalue weighted by atomic mass is 79.9. The Morgan fingerprint density at radius 1 is 1.37 bits per heavy atom. The molecule has 2 aromatic heterocycles. The molecule has 9 heteroatoms. The molecule has 3 aromatic rings. The summed E-state index contributed by atoms with van der Waals surface area (Å²) in [6.07, 6.45) is 1.70. The molecule has 0 saturated heterocycles. The van der Waals surface area contributed by atoms with Crippen molar-refractivity contribution < 1.29 is 14.1 Å². The molecule has 0 saturated carbocycles. The summed E-state index contributed by atoms with van der Waals surface area (Å²) in [5.74, 6) is 0.841. The molecule has 0 aliphatic heterocycles. The Labute approximate surface area is 169 Å². The smallest absolute Gasteiger partial charge is 0.274 e. The van der Waals surface area contributed by atoms with Crippen LogP contribution in [0, 0.1) is 6.92 Å². The molecule has 1 N–H and O–H groups in total. The van der Waals surface area contributed by atoms with E-state index in [0.717, 1.165) is 10.2 Å². The van der Waals surface area contributed by atoms with E-state index in [1.54, 1.807) is 37.4 Å². The number of aromatic nitrogens is 3. The molecule has 7 nitrogen and oxygen atoms in total. The fourth-order valence-corrected chi connectivity index (χ4v) is 3.07. The van der Waals surface area contributed by atoms with Gasteiger partial charge < -0.3 is 14.6 Å². The van der Waals surface area contributed by atoms with Crippen LogP contribution in [0.5, 0.6) is 5.75 Å². The largest absolute Gasteiger partial charge is 0.489 e. The number of amides is 1. The van der Waals surface area contributed by atoms with Gasteiger partial charge in [0.1, 0.15) is 18.1 Å². The number of carbonyl (C=O) groups excluding carboxylic acids is 1. The van der Waals surface area contributed by atoms with Crippen LogP contribution in [-0.2, 0) is 19.7 Å². The van der Waals surface area contributed by atoms with Crippen LogP contribution in [0.25, 0.3) is 0 Å². The molecule has 0 radical (unpaired) electrons. The number of carbonyl (C=O) groups is 1. The Balaban J connectivity index is 1.68. The second-order valence-corrected chi connectivity index (χ2v) is 7.04. The number of halogens is 2. The fourth-order valence-electron chi connectivity index (χ4n) is 2.51. The van der Waals surface area contributed by atoms with Gasteiger partial charge >= 0.3 is 0 Å². The molecule has 0 bridgehead atoms. The maximum absolute atomic E-state index is 12.6. The molecule has 0 atom stereocenters. The highest BCUT2D eigenvalue weighted by molar-refractivity contribution is 9.10. The highest BCUT2D eigenvalue weighted by Crippen LogP contribution is 2.20. The van der Waals surface area contributed by atoms with Crippen molar-refractivity contribution in [3.63, 3.8) is 0 Å². The number of rotatable bonds is 7. The number of hydrogen-bond donors (Lipinski definition) is 1. The quantitative estimate of drug-likeness (QED) is 0.582. The average Bonchev–Trinajstić information content (AvgIpc) is 3.21. The highest BCUT2D eigenvalue weighted by Gasteiger charge is 2.21. The Kier molecular flexibility index (Phi) is 6.18. The Hall–Kier alpha value is -2.32. The van der Waals surface area contributed by atoms with Gasteiger partial charge in [0.05, 0.1) is 28.5 Å². The third-order valence-electron chi connectivity index (χ3n) is 4.01. The van der Waals surface area contributed by atoms with Gasteiger partial charge in [-0.1, -0.05) is 16.8 Å². The number of benzene rings is 1. The van der Waals surface area contributed by atoms with Gasteiger partial charge in [-0.15, -0.1) is 0 Å². The number of aryl methyl sites for hydroxylation is 2. The first-order valence-electron chi connectivity index (χ1n) is 8.31. The summed E-state index contributed by atoms with van der Waals surface area (Å²) >= 11 is 9.31. The molecule has 0 aliphatic carbocycles. The maximum atomic E-state index is 12.6. The van der Waals surface area contributed by atoms with E-state index in [4.69, 9.17) is 20.9 Å². The van der Waals surface area contributed by atoms with Gasteiger partial charge in [0, 0.05) is 11.6 Å². The van der Waals surface area contributed by atoms with E-state index < -0.39 is 0 Å². The normalized spacial score (nSPS) is 10.8. The van der Waals surface area contributed by atoms with E-state index >= 15 is 0 Å². The first kappa shape index (κ1) is 19.4. The van der Waals surface area contributed by atoms with Gasteiger partial charge in [0.2, 0.25) is 0 Å². The van der Waals surface area contributed by atoms with Crippen molar-refractivity contribution in [1.29, 1.82) is 0 Å². The Morgan fingerprint density at radius 3 is 2.81 bits per heavy atom. The van der Waals surface area contributed by atoms with Crippen LogP contribution >= 0.6 is 27.5 Å². The Morgan fingerprint density at radius 2 is 2.11 bits per heavy atom. The summed E-state index contributed by atoms with van der Waals surface area (Å²) < 4.78 is 13.6. The van der Waals surface area contributed by atoms with Gasteiger partial charge in [-0.3, -0.25) is 9.48 Å². The van der Waals surface area contributed by atoms with Crippen molar-refractivity contribution in [1.82, 2.24) is 20.3 Å². The van der Waals surface area contributed by atoms with E-state index in [1.165, 1.54) is 0 Å². The van der Waals surface area contributed by atoms with Crippen molar-refractivity contribution in [2.45, 2.75) is 33.5 Å². The monoisotopic (exact) mass is 452 g/mol. The molecule has 27 heavy (non-hydrogen) atoms. The van der Waals surface area contributed by atoms with Gasteiger partial charge in [0.25, 0.3) is 5.91 Å². The number of nitrogens with zero attached hydrogens (tertiary/aromatic N) is 3. The zero-order valence-electron chi connectivity index (χ0n) is 14.8. The SMILES string of the molecule is CCn1ncc(Br)c1CNC(=O)c1noc(C)c1COc1ccc(Cl)cc1. The summed E-state index contributed by atoms with van der Waals surface area (Å²) in [5.41, 5.74) is 1.69. The third kappa shape index (κ3) is 4.51. The molecule has 142 valence electrons. The van der Waals surface area contributed by atoms with Gasteiger partial charge in [0.15, 0.2) is 5.69 Å². The van der Waals surface area contributed by atoms with Crippen molar-refractivity contribution in [3.05, 3.63) is 62.7 Å². The van der Waals surface area contributed by atoms with Crippen LogP contribution in [0.15, 0.2) is 39.5 Å². The lowest BCUT2D eigenvalue weighted by Gasteiger charge is -2.09. The molecule has 0 spiro atoms. The van der Waals surface area contributed by atoms with Crippen molar-refractivity contribution >= 4 is 33.4 Å². The lowest BCUT2D eigenvalue weighted by atomic mass is 10.2. The van der Waals surface area contributed by atoms with Crippen LogP contribution in [-0.4, -0.2) is 20.8 Å². The number of nitrogens with one attached hydrogen (secondary N) is 1. The minimum absolute atomic E-state index is 0.163. The molecule has 2 heterocycles. The maximum Gasteiger partial charge on any atom is 0.274 e. The van der Waals surface area contributed by atoms with Gasteiger partial charge in [-0.2, -0.15) is 5.10 Å². The minimum atomic E-state index is -0.336. The number of ether oxygens (including phenoxy) is 1. The lowest BCUT2D eigenvalue weighted by molar-refractivity contribution is 0.0938. The Bertz CT molecular complexity index is 937. The molecule has 1 aromatic carbocycles. The summed E-state index contributed by atoms with van der Waals surface area (Å²) in [6, 6.07) is 6.99. The fraction of sp³-hybridized carbons (Fsp3) is 0.278. The second-order valence-electron chi connectivity index (χ2n) is 5.75. The predicted molar refractivity (Wildman–Crippen MR) is 104 cm³/mol. The van der Waals surface area contributed by atoms with E-state index in [-0.39, 0.29) is 18.2 Å². The first-order chi connectivity index (χ1) is 13.0. The van der Waals surface area contributed by atoms with E-state index in [9.17, 15) is 4.79 Å². The lowest BCUT2D eigenvalue weighted by Crippen LogP contribution is -2.26. The van der Waals surface area contributed by atoms with Crippen LogP contribution in [0.2, 0.25) is 5.02 Å². The van der Waals surface area contributed by atoms with E-state index in [2.05, 4.69) is 31.5 Å². The molecular weight excluding hydrogens is 436 g/mol. The first-order valence-corrected chi connectivity index (χ1v) is 9.48. The number of hydrogen-bond acceptors (Lipinski definition) is 5. The summed E-state index contributed by atoms with van der Waals surface area (Å²) in [4.78, 5) is 12.6. The second kappa shape index (κ2) is 8.58. The molecule has 0 aliphatic rings. The van der Waals surface area contributed by atoms with Gasteiger partial charge in [-0.25, -0.2) is 0 Å². The zero-order valence-corrected chi connectivity index (χ0v) is 17.2.